The monoisotopic (exact) mass is 320 g/mol. The van der Waals surface area contributed by atoms with Crippen molar-refractivity contribution in [2.45, 2.75) is 19.8 Å². The predicted octanol–water partition coefficient (Wildman–Crippen LogP) is 1.60. The molecule has 0 bridgehead atoms. The summed E-state index contributed by atoms with van der Waals surface area (Å²) in [5, 5.41) is 0. The van der Waals surface area contributed by atoms with E-state index in [-0.39, 0.29) is 5.91 Å². The molecule has 2 aliphatic heterocycles. The van der Waals surface area contributed by atoms with Gasteiger partial charge in [-0.25, -0.2) is 4.98 Å². The Morgan fingerprint density at radius 3 is 2.57 bits per heavy atom. The number of amides is 1. The molecule has 0 saturated carbocycles. The summed E-state index contributed by atoms with van der Waals surface area (Å²) < 4.78 is 13.2. The van der Waals surface area contributed by atoms with Gasteiger partial charge in [0.05, 0.1) is 6.54 Å². The summed E-state index contributed by atoms with van der Waals surface area (Å²) in [5.41, 5.74) is 0.869. The summed E-state index contributed by atoms with van der Waals surface area (Å²) in [4.78, 5) is 22.3. The van der Waals surface area contributed by atoms with Crippen molar-refractivity contribution in [3.8, 4) is 0 Å². The van der Waals surface area contributed by atoms with Crippen LogP contribution < -0.4 is 4.90 Å². The number of piperazine rings is 1. The fourth-order valence-electron chi connectivity index (χ4n) is 3.30. The Bertz CT molecular complexity index is 537. The Kier molecular flexibility index (Phi) is 5.10. The Morgan fingerprint density at radius 2 is 1.91 bits per heavy atom. The lowest BCUT2D eigenvalue weighted by atomic mass is 9.99. The summed E-state index contributed by atoms with van der Waals surface area (Å²) in [6.07, 6.45) is 3.73. The minimum Gasteiger partial charge on any atom is -0.369 e. The van der Waals surface area contributed by atoms with E-state index in [0.29, 0.717) is 6.54 Å². The molecule has 0 spiro atoms. The number of pyridine rings is 1. The van der Waals surface area contributed by atoms with Crippen LogP contribution in [0.4, 0.5) is 10.1 Å². The maximum absolute atomic E-state index is 13.2. The molecular weight excluding hydrogens is 295 g/mol. The van der Waals surface area contributed by atoms with Crippen LogP contribution in [0.1, 0.15) is 19.8 Å². The number of aromatic nitrogens is 1. The average molecular weight is 320 g/mol. The Balaban J connectivity index is 1.46. The van der Waals surface area contributed by atoms with Crippen molar-refractivity contribution < 1.29 is 9.18 Å². The molecule has 0 N–H and O–H groups in total. The molecule has 126 valence electrons. The maximum atomic E-state index is 13.2. The third-order valence-corrected chi connectivity index (χ3v) is 4.94. The second-order valence-corrected chi connectivity index (χ2v) is 6.66. The van der Waals surface area contributed by atoms with Gasteiger partial charge in [0.15, 0.2) is 0 Å². The summed E-state index contributed by atoms with van der Waals surface area (Å²) >= 11 is 0. The van der Waals surface area contributed by atoms with E-state index in [9.17, 15) is 9.18 Å². The SMILES string of the molecule is CC1CCN(C(=O)CN2CCN(c3ccnc(F)c3)CC2)CC1. The summed E-state index contributed by atoms with van der Waals surface area (Å²) in [6, 6.07) is 3.30. The molecule has 6 heteroatoms. The number of likely N-dealkylation sites (tertiary alicyclic amines) is 1. The van der Waals surface area contributed by atoms with Gasteiger partial charge in [-0.2, -0.15) is 4.39 Å². The van der Waals surface area contributed by atoms with Gasteiger partial charge in [-0.05, 0) is 24.8 Å². The standard InChI is InChI=1S/C17H25FN4O/c1-14-3-6-22(7-4-14)17(23)13-20-8-10-21(11-9-20)15-2-5-19-16(18)12-15/h2,5,12,14H,3-4,6-11,13H2,1H3. The lowest BCUT2D eigenvalue weighted by Crippen LogP contribution is -2.51. The molecule has 3 heterocycles. The van der Waals surface area contributed by atoms with Crippen LogP contribution in [0.15, 0.2) is 18.3 Å². The van der Waals surface area contributed by atoms with Gasteiger partial charge < -0.3 is 9.80 Å². The second-order valence-electron chi connectivity index (χ2n) is 6.66. The highest BCUT2D eigenvalue weighted by Crippen LogP contribution is 2.18. The Hall–Kier alpha value is -1.69. The van der Waals surface area contributed by atoms with Crippen LogP contribution in [0, 0.1) is 11.9 Å². The molecule has 1 aromatic rings. The topological polar surface area (TPSA) is 39.7 Å². The maximum Gasteiger partial charge on any atom is 0.236 e. The molecule has 1 amide bonds. The first-order valence-electron chi connectivity index (χ1n) is 8.48. The van der Waals surface area contributed by atoms with Gasteiger partial charge in [-0.15, -0.1) is 0 Å². The van der Waals surface area contributed by atoms with E-state index in [0.717, 1.165) is 63.7 Å². The number of carbonyl (C=O) groups is 1. The van der Waals surface area contributed by atoms with Crippen LogP contribution >= 0.6 is 0 Å². The number of rotatable bonds is 3. The number of hydrogen-bond donors (Lipinski definition) is 0. The second kappa shape index (κ2) is 7.25. The molecule has 5 nitrogen and oxygen atoms in total. The van der Waals surface area contributed by atoms with E-state index in [1.807, 2.05) is 11.0 Å². The molecular formula is C17H25FN4O. The average Bonchev–Trinajstić information content (AvgIpc) is 2.56. The normalized spacial score (nSPS) is 20.8. The summed E-state index contributed by atoms with van der Waals surface area (Å²) in [6.45, 7) is 7.85. The molecule has 2 saturated heterocycles. The van der Waals surface area contributed by atoms with E-state index in [2.05, 4.69) is 21.7 Å². The minimum absolute atomic E-state index is 0.250. The largest absolute Gasteiger partial charge is 0.369 e. The van der Waals surface area contributed by atoms with E-state index in [1.165, 1.54) is 12.3 Å². The first-order valence-corrected chi connectivity index (χ1v) is 8.48. The minimum atomic E-state index is -0.445. The van der Waals surface area contributed by atoms with E-state index < -0.39 is 5.95 Å². The lowest BCUT2D eigenvalue weighted by molar-refractivity contribution is -0.133. The zero-order valence-electron chi connectivity index (χ0n) is 13.7. The molecule has 0 radical (unpaired) electrons. The van der Waals surface area contributed by atoms with Crippen LogP contribution in [0.2, 0.25) is 0 Å². The van der Waals surface area contributed by atoms with E-state index >= 15 is 0 Å². The van der Waals surface area contributed by atoms with Gasteiger partial charge in [0, 0.05) is 57.2 Å². The van der Waals surface area contributed by atoms with Crippen LogP contribution in [-0.2, 0) is 4.79 Å². The van der Waals surface area contributed by atoms with Gasteiger partial charge in [-0.1, -0.05) is 6.92 Å². The van der Waals surface area contributed by atoms with Crippen molar-refractivity contribution >= 4 is 11.6 Å². The Labute approximate surface area is 137 Å². The number of halogens is 1. The molecule has 0 unspecified atom stereocenters. The quantitative estimate of drug-likeness (QED) is 0.793. The van der Waals surface area contributed by atoms with Gasteiger partial charge in [-0.3, -0.25) is 9.69 Å². The highest BCUT2D eigenvalue weighted by Gasteiger charge is 2.24. The fraction of sp³-hybridized carbons (Fsp3) is 0.647. The lowest BCUT2D eigenvalue weighted by Gasteiger charge is -2.37. The highest BCUT2D eigenvalue weighted by atomic mass is 19.1. The van der Waals surface area contributed by atoms with Crippen molar-refractivity contribution in [1.29, 1.82) is 0 Å². The molecule has 2 aliphatic rings. The first kappa shape index (κ1) is 16.2. The number of anilines is 1. The van der Waals surface area contributed by atoms with E-state index in [4.69, 9.17) is 0 Å². The third kappa shape index (κ3) is 4.19. The van der Waals surface area contributed by atoms with Crippen LogP contribution in [0.3, 0.4) is 0 Å². The number of carbonyl (C=O) groups excluding carboxylic acids is 1. The molecule has 2 fully saturated rings. The molecule has 1 aromatic heterocycles. The Morgan fingerprint density at radius 1 is 1.22 bits per heavy atom. The summed E-state index contributed by atoms with van der Waals surface area (Å²) in [5.74, 6) is 0.545. The van der Waals surface area contributed by atoms with Gasteiger partial charge in [0.25, 0.3) is 0 Å². The van der Waals surface area contributed by atoms with Crippen molar-refractivity contribution in [2.24, 2.45) is 5.92 Å². The molecule has 23 heavy (non-hydrogen) atoms. The van der Waals surface area contributed by atoms with Crippen molar-refractivity contribution in [3.63, 3.8) is 0 Å². The summed E-state index contributed by atoms with van der Waals surface area (Å²) in [7, 11) is 0. The predicted molar refractivity (Wildman–Crippen MR) is 87.8 cm³/mol. The van der Waals surface area contributed by atoms with Crippen LogP contribution in [0.25, 0.3) is 0 Å². The zero-order valence-corrected chi connectivity index (χ0v) is 13.7. The van der Waals surface area contributed by atoms with Crippen molar-refractivity contribution in [2.75, 3.05) is 50.7 Å². The molecule has 0 aliphatic carbocycles. The highest BCUT2D eigenvalue weighted by molar-refractivity contribution is 5.78. The molecule has 3 rings (SSSR count). The first-order chi connectivity index (χ1) is 11.1. The smallest absolute Gasteiger partial charge is 0.236 e. The molecule has 0 aromatic carbocycles. The van der Waals surface area contributed by atoms with Crippen molar-refractivity contribution in [3.05, 3.63) is 24.3 Å². The third-order valence-electron chi connectivity index (χ3n) is 4.94. The molecule has 0 atom stereocenters. The number of hydrogen-bond acceptors (Lipinski definition) is 4. The fourth-order valence-corrected chi connectivity index (χ4v) is 3.30. The van der Waals surface area contributed by atoms with Crippen LogP contribution in [0.5, 0.6) is 0 Å². The number of nitrogens with zero attached hydrogens (tertiary/aromatic N) is 4. The van der Waals surface area contributed by atoms with E-state index in [1.54, 1.807) is 0 Å². The number of piperidine rings is 1. The van der Waals surface area contributed by atoms with Crippen molar-refractivity contribution in [1.82, 2.24) is 14.8 Å². The van der Waals surface area contributed by atoms with Gasteiger partial charge in [0.2, 0.25) is 11.9 Å². The van der Waals surface area contributed by atoms with Gasteiger partial charge >= 0.3 is 0 Å². The van der Waals surface area contributed by atoms with Gasteiger partial charge in [0.1, 0.15) is 0 Å². The zero-order chi connectivity index (χ0) is 16.2. The van der Waals surface area contributed by atoms with Crippen LogP contribution in [-0.4, -0.2) is 66.5 Å².